The highest BCUT2D eigenvalue weighted by atomic mass is 32.2. The summed E-state index contributed by atoms with van der Waals surface area (Å²) in [5, 5.41) is 0. The summed E-state index contributed by atoms with van der Waals surface area (Å²) in [7, 11) is 0. The van der Waals surface area contributed by atoms with Gasteiger partial charge in [0.1, 0.15) is 5.66 Å². The maximum absolute atomic E-state index is 12.9. The molecule has 0 radical (unpaired) electrons. The third-order valence-electron chi connectivity index (χ3n) is 5.34. The molecule has 2 aromatic carbocycles. The van der Waals surface area contributed by atoms with Crippen molar-refractivity contribution in [2.45, 2.75) is 53.7 Å². The number of rotatable bonds is 3. The Balaban J connectivity index is 1.58. The van der Waals surface area contributed by atoms with Crippen LogP contribution in [0.1, 0.15) is 37.7 Å². The number of aliphatic imine (C=N–C) groups is 2. The minimum Gasteiger partial charge on any atom is -0.369 e. The zero-order valence-electron chi connectivity index (χ0n) is 16.2. The zero-order valence-corrected chi connectivity index (χ0v) is 17.0. The summed E-state index contributed by atoms with van der Waals surface area (Å²) in [5.41, 5.74) is 11.8. The molecule has 4 N–H and O–H groups in total. The van der Waals surface area contributed by atoms with E-state index in [0.29, 0.717) is 10.9 Å². The zero-order chi connectivity index (χ0) is 21.4. The van der Waals surface area contributed by atoms with Crippen molar-refractivity contribution in [1.82, 2.24) is 0 Å². The van der Waals surface area contributed by atoms with Gasteiger partial charge in [-0.05, 0) is 68.1 Å². The Morgan fingerprint density at radius 1 is 0.933 bits per heavy atom. The number of nitrogens with zero attached hydrogens (tertiary/aromatic N) is 3. The lowest BCUT2D eigenvalue weighted by atomic mass is 9.87. The highest BCUT2D eigenvalue weighted by Crippen LogP contribution is 2.40. The average molecular weight is 434 g/mol. The van der Waals surface area contributed by atoms with Gasteiger partial charge < -0.3 is 11.5 Å². The molecule has 0 saturated heterocycles. The molecule has 1 heterocycles. The van der Waals surface area contributed by atoms with Crippen LogP contribution in [-0.2, 0) is 6.18 Å². The standard InChI is InChI=1S/C21H22F3N5S/c22-21(23,24)14-5-4-6-17(13-14)30-16-9-7-15(8-10-16)29-19(26)27-18(25)28-20(29)11-2-1-3-12-20/h4-10,13H,1-3,11-12H2,(H4,25,26,27,28). The largest absolute Gasteiger partial charge is 0.416 e. The van der Waals surface area contributed by atoms with E-state index in [1.165, 1.54) is 17.8 Å². The van der Waals surface area contributed by atoms with Crippen LogP contribution in [0.15, 0.2) is 68.3 Å². The molecule has 0 unspecified atom stereocenters. The summed E-state index contributed by atoms with van der Waals surface area (Å²) in [6.45, 7) is 0. The van der Waals surface area contributed by atoms with E-state index in [2.05, 4.69) is 9.98 Å². The van der Waals surface area contributed by atoms with Crippen molar-refractivity contribution in [2.24, 2.45) is 21.5 Å². The molecule has 30 heavy (non-hydrogen) atoms. The highest BCUT2D eigenvalue weighted by molar-refractivity contribution is 7.99. The van der Waals surface area contributed by atoms with E-state index in [4.69, 9.17) is 11.5 Å². The van der Waals surface area contributed by atoms with Crippen molar-refractivity contribution in [3.63, 3.8) is 0 Å². The number of guanidine groups is 2. The van der Waals surface area contributed by atoms with Crippen LogP contribution in [0.25, 0.3) is 0 Å². The topological polar surface area (TPSA) is 80.0 Å². The van der Waals surface area contributed by atoms with Crippen LogP contribution in [0.2, 0.25) is 0 Å². The van der Waals surface area contributed by atoms with Crippen molar-refractivity contribution < 1.29 is 13.2 Å². The lowest BCUT2D eigenvalue weighted by Gasteiger charge is -2.45. The van der Waals surface area contributed by atoms with Gasteiger partial charge >= 0.3 is 6.18 Å². The molecule has 4 rings (SSSR count). The molecule has 2 aliphatic rings. The molecule has 1 aliphatic heterocycles. The van der Waals surface area contributed by atoms with E-state index in [-0.39, 0.29) is 5.96 Å². The number of benzene rings is 2. The summed E-state index contributed by atoms with van der Waals surface area (Å²) < 4.78 is 38.8. The monoisotopic (exact) mass is 433 g/mol. The van der Waals surface area contributed by atoms with Gasteiger partial charge in [-0.2, -0.15) is 18.2 Å². The fraction of sp³-hybridized carbons (Fsp3) is 0.333. The van der Waals surface area contributed by atoms with Gasteiger partial charge in [-0.15, -0.1) is 0 Å². The average Bonchev–Trinajstić information content (AvgIpc) is 2.69. The van der Waals surface area contributed by atoms with Gasteiger partial charge in [0.15, 0.2) is 0 Å². The van der Waals surface area contributed by atoms with Gasteiger partial charge in [-0.3, -0.25) is 4.90 Å². The van der Waals surface area contributed by atoms with Crippen LogP contribution < -0.4 is 16.4 Å². The molecule has 1 spiro atoms. The summed E-state index contributed by atoms with van der Waals surface area (Å²) in [4.78, 5) is 12.1. The highest BCUT2D eigenvalue weighted by Gasteiger charge is 2.42. The predicted octanol–water partition coefficient (Wildman–Crippen LogP) is 4.97. The maximum Gasteiger partial charge on any atom is 0.416 e. The number of anilines is 1. The van der Waals surface area contributed by atoms with Gasteiger partial charge in [0.2, 0.25) is 11.9 Å². The minimum absolute atomic E-state index is 0.197. The SMILES string of the molecule is NC1=NC2(CCCCC2)N(c2ccc(Sc3cccc(C(F)(F)F)c3)cc2)C(N)=N1. The van der Waals surface area contributed by atoms with Gasteiger partial charge in [0.05, 0.1) is 5.56 Å². The Hall–Kier alpha value is -2.68. The first-order valence-electron chi connectivity index (χ1n) is 9.72. The van der Waals surface area contributed by atoms with Gasteiger partial charge in [-0.25, -0.2) is 4.99 Å². The Morgan fingerprint density at radius 3 is 2.30 bits per heavy atom. The van der Waals surface area contributed by atoms with Crippen molar-refractivity contribution in [3.05, 3.63) is 54.1 Å². The van der Waals surface area contributed by atoms with Crippen molar-refractivity contribution in [2.75, 3.05) is 4.90 Å². The van der Waals surface area contributed by atoms with Crippen LogP contribution >= 0.6 is 11.8 Å². The normalized spacial score (nSPS) is 18.8. The molecule has 158 valence electrons. The number of hydrogen-bond acceptors (Lipinski definition) is 6. The lowest BCUT2D eigenvalue weighted by molar-refractivity contribution is -0.137. The molecule has 0 amide bonds. The molecule has 1 aliphatic carbocycles. The lowest BCUT2D eigenvalue weighted by Crippen LogP contribution is -2.58. The van der Waals surface area contributed by atoms with Crippen LogP contribution in [0.4, 0.5) is 18.9 Å². The van der Waals surface area contributed by atoms with E-state index in [1.54, 1.807) is 6.07 Å². The van der Waals surface area contributed by atoms with Gasteiger partial charge in [-0.1, -0.05) is 24.2 Å². The van der Waals surface area contributed by atoms with Crippen molar-refractivity contribution in [1.29, 1.82) is 0 Å². The maximum atomic E-state index is 12.9. The van der Waals surface area contributed by atoms with E-state index < -0.39 is 17.4 Å². The van der Waals surface area contributed by atoms with E-state index in [1.807, 2.05) is 29.2 Å². The molecular formula is C21H22F3N5S. The molecule has 9 heteroatoms. The van der Waals surface area contributed by atoms with Gasteiger partial charge in [0, 0.05) is 15.5 Å². The number of halogens is 3. The fourth-order valence-corrected chi connectivity index (χ4v) is 4.91. The molecule has 1 saturated carbocycles. The fourth-order valence-electron chi connectivity index (χ4n) is 4.03. The molecule has 5 nitrogen and oxygen atoms in total. The van der Waals surface area contributed by atoms with Gasteiger partial charge in [0.25, 0.3) is 0 Å². The molecule has 2 aromatic rings. The van der Waals surface area contributed by atoms with Crippen LogP contribution in [0.5, 0.6) is 0 Å². The second kappa shape index (κ2) is 7.86. The summed E-state index contributed by atoms with van der Waals surface area (Å²) >= 11 is 1.27. The Kier molecular flexibility index (Phi) is 5.40. The first-order valence-corrected chi connectivity index (χ1v) is 10.5. The minimum atomic E-state index is -4.36. The molecule has 0 atom stereocenters. The van der Waals surface area contributed by atoms with Crippen LogP contribution in [-0.4, -0.2) is 17.6 Å². The third kappa shape index (κ3) is 4.12. The van der Waals surface area contributed by atoms with E-state index in [9.17, 15) is 13.2 Å². The predicted molar refractivity (Wildman–Crippen MR) is 114 cm³/mol. The van der Waals surface area contributed by atoms with E-state index >= 15 is 0 Å². The quantitative estimate of drug-likeness (QED) is 0.717. The van der Waals surface area contributed by atoms with E-state index in [0.717, 1.165) is 54.8 Å². The number of hydrogen-bond donors (Lipinski definition) is 2. The summed E-state index contributed by atoms with van der Waals surface area (Å²) in [6.07, 6.45) is 0.528. The Labute approximate surface area is 177 Å². The third-order valence-corrected chi connectivity index (χ3v) is 6.34. The van der Waals surface area contributed by atoms with Crippen molar-refractivity contribution in [3.8, 4) is 0 Å². The first-order chi connectivity index (χ1) is 14.3. The summed E-state index contributed by atoms with van der Waals surface area (Å²) in [6, 6.07) is 12.8. The molecule has 0 bridgehead atoms. The number of nitrogens with two attached hydrogens (primary N) is 2. The smallest absolute Gasteiger partial charge is 0.369 e. The molecule has 0 aromatic heterocycles. The molecule has 1 fully saturated rings. The van der Waals surface area contributed by atoms with Crippen molar-refractivity contribution >= 4 is 29.4 Å². The van der Waals surface area contributed by atoms with Crippen LogP contribution in [0, 0.1) is 0 Å². The Bertz CT molecular complexity index is 979. The second-order valence-electron chi connectivity index (χ2n) is 7.44. The summed E-state index contributed by atoms with van der Waals surface area (Å²) in [5.74, 6) is 0.505. The second-order valence-corrected chi connectivity index (χ2v) is 8.59. The van der Waals surface area contributed by atoms with Crippen LogP contribution in [0.3, 0.4) is 0 Å². The molecular weight excluding hydrogens is 411 g/mol. The first kappa shape index (κ1) is 20.6. The number of alkyl halides is 3. The Morgan fingerprint density at radius 2 is 1.63 bits per heavy atom.